The van der Waals surface area contributed by atoms with Crippen LogP contribution in [0.3, 0.4) is 0 Å². The van der Waals surface area contributed by atoms with E-state index >= 15 is 0 Å². The van der Waals surface area contributed by atoms with Crippen molar-refractivity contribution < 1.29 is 9.32 Å². The zero-order valence-corrected chi connectivity index (χ0v) is 18.1. The Morgan fingerprint density at radius 1 is 1.17 bits per heavy atom. The van der Waals surface area contributed by atoms with E-state index in [-0.39, 0.29) is 18.0 Å². The molecule has 0 radical (unpaired) electrons. The summed E-state index contributed by atoms with van der Waals surface area (Å²) in [7, 11) is 0. The van der Waals surface area contributed by atoms with Gasteiger partial charge in [-0.05, 0) is 36.4 Å². The summed E-state index contributed by atoms with van der Waals surface area (Å²) in [4.78, 5) is 24.1. The first-order valence-corrected chi connectivity index (χ1v) is 11.1. The van der Waals surface area contributed by atoms with Gasteiger partial charge in [0.2, 0.25) is 17.6 Å². The fourth-order valence-corrected chi connectivity index (χ4v) is 4.49. The van der Waals surface area contributed by atoms with E-state index in [1.165, 1.54) is 11.8 Å². The number of thioether (sulfide) groups is 1. The number of anilines is 1. The van der Waals surface area contributed by atoms with E-state index in [0.717, 1.165) is 15.7 Å². The van der Waals surface area contributed by atoms with Gasteiger partial charge in [0.25, 0.3) is 0 Å². The number of nitrogens with one attached hydrogen (secondary N) is 2. The van der Waals surface area contributed by atoms with Crippen LogP contribution in [-0.2, 0) is 10.5 Å². The Balaban J connectivity index is 1.37. The minimum atomic E-state index is -0.277. The molecule has 1 amide bonds. The molecule has 0 bridgehead atoms. The van der Waals surface area contributed by atoms with Crippen molar-refractivity contribution in [2.24, 2.45) is 10.9 Å². The molecule has 2 atom stereocenters. The molecule has 30 heavy (non-hydrogen) atoms. The fourth-order valence-electron chi connectivity index (χ4n) is 3.34. The van der Waals surface area contributed by atoms with Gasteiger partial charge < -0.3 is 4.52 Å². The zero-order valence-electron chi connectivity index (χ0n) is 15.7. The Labute approximate surface area is 185 Å². The molecule has 1 aromatic heterocycles. The molecule has 1 saturated heterocycles. The van der Waals surface area contributed by atoms with Gasteiger partial charge in [-0.3, -0.25) is 15.1 Å². The number of aliphatic imine (C=N–C) groups is 1. The number of nitrogens with zero attached hydrogens (tertiary/aromatic N) is 4. The van der Waals surface area contributed by atoms with Gasteiger partial charge in [-0.25, -0.2) is 10.4 Å². The van der Waals surface area contributed by atoms with E-state index in [0.29, 0.717) is 29.2 Å². The van der Waals surface area contributed by atoms with Crippen molar-refractivity contribution in [2.45, 2.75) is 11.9 Å². The Bertz CT molecular complexity index is 1090. The Morgan fingerprint density at radius 3 is 2.77 bits per heavy atom. The van der Waals surface area contributed by atoms with Crippen LogP contribution in [0.15, 0.2) is 68.6 Å². The first kappa shape index (κ1) is 19.4. The minimum Gasteiger partial charge on any atom is -0.338 e. The number of aromatic nitrogens is 2. The molecule has 8 nitrogen and oxygen atoms in total. The lowest BCUT2D eigenvalue weighted by molar-refractivity contribution is -0.121. The van der Waals surface area contributed by atoms with Crippen molar-refractivity contribution in [3.8, 4) is 11.4 Å². The van der Waals surface area contributed by atoms with Gasteiger partial charge >= 0.3 is 0 Å². The molecule has 0 aliphatic carbocycles. The molecular weight excluding hydrogens is 468 g/mol. The van der Waals surface area contributed by atoms with E-state index in [1.54, 1.807) is 4.90 Å². The predicted octanol–water partition coefficient (Wildman–Crippen LogP) is 3.19. The number of amidine groups is 1. The molecule has 0 spiro atoms. The third-order valence-corrected chi connectivity index (χ3v) is 6.31. The van der Waals surface area contributed by atoms with Crippen molar-refractivity contribution >= 4 is 44.5 Å². The SMILES string of the molecule is O=C1C2CNNC2N=C(SCc2nc(-c3ccc(Br)cc3)no2)N1c1ccccc1. The molecule has 2 aliphatic rings. The first-order chi connectivity index (χ1) is 14.7. The number of hydrazine groups is 1. The van der Waals surface area contributed by atoms with Crippen LogP contribution in [0.25, 0.3) is 11.4 Å². The summed E-state index contributed by atoms with van der Waals surface area (Å²) in [6.45, 7) is 0.550. The third kappa shape index (κ3) is 3.79. The summed E-state index contributed by atoms with van der Waals surface area (Å²) in [5, 5.41) is 4.67. The van der Waals surface area contributed by atoms with E-state index in [9.17, 15) is 4.79 Å². The molecule has 3 aromatic rings. The van der Waals surface area contributed by atoms with Gasteiger partial charge in [0.15, 0.2) is 5.17 Å². The van der Waals surface area contributed by atoms with Crippen molar-refractivity contribution in [2.75, 3.05) is 11.4 Å². The summed E-state index contributed by atoms with van der Waals surface area (Å²) in [5.74, 6) is 1.19. The average molecular weight is 485 g/mol. The highest BCUT2D eigenvalue weighted by molar-refractivity contribution is 9.10. The number of halogens is 1. The maximum atomic E-state index is 13.1. The highest BCUT2D eigenvalue weighted by Crippen LogP contribution is 2.30. The number of carbonyl (C=O) groups is 1. The molecule has 1 fully saturated rings. The normalized spacial score (nSPS) is 20.9. The van der Waals surface area contributed by atoms with E-state index < -0.39 is 0 Å². The van der Waals surface area contributed by atoms with Gasteiger partial charge in [-0.1, -0.05) is 51.0 Å². The number of rotatable bonds is 4. The monoisotopic (exact) mass is 484 g/mol. The van der Waals surface area contributed by atoms with Gasteiger partial charge in [-0.15, -0.1) is 0 Å². The standard InChI is InChI=1S/C20H17BrN6O2S/c21-13-8-6-12(7-9-13)17-23-16(29-26-17)11-30-20-24-18-15(10-22-25-18)19(28)27(20)14-4-2-1-3-5-14/h1-9,15,18,22,25H,10-11H2. The second-order valence-corrected chi connectivity index (χ2v) is 8.66. The topological polar surface area (TPSA) is 95.6 Å². The largest absolute Gasteiger partial charge is 0.338 e. The lowest BCUT2D eigenvalue weighted by atomic mass is 10.1. The smallest absolute Gasteiger partial charge is 0.241 e. The number of hydrogen-bond acceptors (Lipinski definition) is 8. The lowest BCUT2D eigenvalue weighted by Gasteiger charge is -2.32. The van der Waals surface area contributed by atoms with Crippen LogP contribution in [0, 0.1) is 5.92 Å². The molecule has 2 aromatic carbocycles. The second kappa shape index (κ2) is 8.31. The molecule has 2 aliphatic heterocycles. The average Bonchev–Trinajstić information content (AvgIpc) is 3.43. The quantitative estimate of drug-likeness (QED) is 0.586. The van der Waals surface area contributed by atoms with Gasteiger partial charge in [0, 0.05) is 16.6 Å². The van der Waals surface area contributed by atoms with Crippen LogP contribution in [-0.4, -0.2) is 33.9 Å². The summed E-state index contributed by atoms with van der Waals surface area (Å²) in [5.41, 5.74) is 7.76. The van der Waals surface area contributed by atoms with E-state index in [1.807, 2.05) is 54.6 Å². The van der Waals surface area contributed by atoms with Crippen LogP contribution in [0.5, 0.6) is 0 Å². The molecule has 0 saturated carbocycles. The summed E-state index contributed by atoms with van der Waals surface area (Å²) >= 11 is 4.82. The molecule has 5 rings (SSSR count). The van der Waals surface area contributed by atoms with Gasteiger partial charge in [0.05, 0.1) is 17.4 Å². The van der Waals surface area contributed by atoms with Crippen LogP contribution in [0.1, 0.15) is 5.89 Å². The molecule has 10 heteroatoms. The van der Waals surface area contributed by atoms with Crippen molar-refractivity contribution in [1.29, 1.82) is 0 Å². The van der Waals surface area contributed by atoms with Crippen LogP contribution < -0.4 is 15.8 Å². The summed E-state index contributed by atoms with van der Waals surface area (Å²) < 4.78 is 6.40. The number of carbonyl (C=O) groups excluding carboxylic acids is 1. The predicted molar refractivity (Wildman–Crippen MR) is 119 cm³/mol. The van der Waals surface area contributed by atoms with Crippen molar-refractivity contribution in [1.82, 2.24) is 21.0 Å². The zero-order chi connectivity index (χ0) is 20.5. The van der Waals surface area contributed by atoms with Crippen molar-refractivity contribution in [3.05, 3.63) is 65.0 Å². The van der Waals surface area contributed by atoms with Crippen LogP contribution in [0.2, 0.25) is 0 Å². The van der Waals surface area contributed by atoms with Gasteiger partial charge in [-0.2, -0.15) is 4.98 Å². The Hall–Kier alpha value is -2.53. The maximum Gasteiger partial charge on any atom is 0.241 e. The highest BCUT2D eigenvalue weighted by atomic mass is 79.9. The van der Waals surface area contributed by atoms with Crippen LogP contribution >= 0.6 is 27.7 Å². The summed E-state index contributed by atoms with van der Waals surface area (Å²) in [6, 6.07) is 17.3. The highest BCUT2D eigenvalue weighted by Gasteiger charge is 2.42. The fraction of sp³-hybridized carbons (Fsp3) is 0.200. The number of para-hydroxylation sites is 1. The Kier molecular flexibility index (Phi) is 5.38. The number of amides is 1. The Morgan fingerprint density at radius 2 is 1.97 bits per heavy atom. The maximum absolute atomic E-state index is 13.1. The first-order valence-electron chi connectivity index (χ1n) is 9.35. The molecule has 152 valence electrons. The third-order valence-electron chi connectivity index (χ3n) is 4.84. The van der Waals surface area contributed by atoms with Crippen LogP contribution in [0.4, 0.5) is 5.69 Å². The second-order valence-electron chi connectivity index (χ2n) is 6.80. The minimum absolute atomic E-state index is 0.0160. The van der Waals surface area contributed by atoms with E-state index in [4.69, 9.17) is 9.52 Å². The lowest BCUT2D eigenvalue weighted by Crippen LogP contribution is -2.49. The number of fused-ring (bicyclic) bond motifs is 1. The van der Waals surface area contributed by atoms with Crippen molar-refractivity contribution in [3.63, 3.8) is 0 Å². The summed E-state index contributed by atoms with van der Waals surface area (Å²) in [6.07, 6.45) is -0.277. The molecular formula is C20H17BrN6O2S. The number of hydrogen-bond donors (Lipinski definition) is 2. The molecule has 2 unspecified atom stereocenters. The van der Waals surface area contributed by atoms with E-state index in [2.05, 4.69) is 36.9 Å². The molecule has 2 N–H and O–H groups in total. The number of benzene rings is 2. The van der Waals surface area contributed by atoms with Gasteiger partial charge in [0.1, 0.15) is 6.17 Å². The molecule has 3 heterocycles.